The summed E-state index contributed by atoms with van der Waals surface area (Å²) in [5, 5.41) is 9.87. The number of benzene rings is 1. The lowest BCUT2D eigenvalue weighted by Gasteiger charge is -2.21. The Kier molecular flexibility index (Phi) is 4.97. The molecule has 0 aromatic heterocycles. The minimum atomic E-state index is -0.137. The minimum absolute atomic E-state index is 0.0729. The van der Waals surface area contributed by atoms with Crippen molar-refractivity contribution in [1.82, 2.24) is 4.90 Å². The first-order valence-corrected chi connectivity index (χ1v) is 5.89. The molecule has 0 bridgehead atoms. The van der Waals surface area contributed by atoms with Gasteiger partial charge in [0.15, 0.2) is 0 Å². The van der Waals surface area contributed by atoms with Crippen molar-refractivity contribution in [2.45, 2.75) is 20.3 Å². The first kappa shape index (κ1) is 13.5. The van der Waals surface area contributed by atoms with E-state index in [1.807, 2.05) is 6.92 Å². The Balaban J connectivity index is 2.90. The Morgan fingerprint density at radius 1 is 1.47 bits per heavy atom. The Labute approximate surface area is 102 Å². The van der Waals surface area contributed by atoms with Gasteiger partial charge in [-0.05, 0) is 38.4 Å². The van der Waals surface area contributed by atoms with Crippen LogP contribution in [0.15, 0.2) is 18.2 Å². The van der Waals surface area contributed by atoms with E-state index in [0.717, 1.165) is 6.42 Å². The molecule has 0 aliphatic rings. The number of carbonyl (C=O) groups is 1. The average molecular weight is 236 g/mol. The van der Waals surface area contributed by atoms with E-state index in [4.69, 9.17) is 5.73 Å². The van der Waals surface area contributed by atoms with Crippen LogP contribution in [0, 0.1) is 6.92 Å². The standard InChI is InChI=1S/C13H20N2O2/c1-3-15(9-5-8-14)13(17)11-7-4-6-10(2)12(11)16/h4,6-7,16H,3,5,8-9,14H2,1-2H3. The van der Waals surface area contributed by atoms with E-state index >= 15 is 0 Å². The number of phenolic OH excluding ortho intramolecular Hbond substituents is 1. The lowest BCUT2D eigenvalue weighted by atomic mass is 10.1. The van der Waals surface area contributed by atoms with E-state index in [1.165, 1.54) is 0 Å². The lowest BCUT2D eigenvalue weighted by molar-refractivity contribution is 0.0760. The first-order chi connectivity index (χ1) is 8.11. The quantitative estimate of drug-likeness (QED) is 0.814. The van der Waals surface area contributed by atoms with Crippen LogP contribution in [0.3, 0.4) is 0 Å². The third-order valence-corrected chi connectivity index (χ3v) is 2.77. The van der Waals surface area contributed by atoms with Crippen molar-refractivity contribution >= 4 is 5.91 Å². The molecule has 0 aliphatic carbocycles. The summed E-state index contributed by atoms with van der Waals surface area (Å²) < 4.78 is 0. The summed E-state index contributed by atoms with van der Waals surface area (Å²) >= 11 is 0. The van der Waals surface area contributed by atoms with Gasteiger partial charge in [-0.25, -0.2) is 0 Å². The number of amides is 1. The molecule has 17 heavy (non-hydrogen) atoms. The molecule has 0 radical (unpaired) electrons. The molecule has 1 amide bonds. The van der Waals surface area contributed by atoms with Crippen molar-refractivity contribution in [3.8, 4) is 5.75 Å². The maximum absolute atomic E-state index is 12.2. The molecule has 0 aliphatic heterocycles. The molecule has 3 N–H and O–H groups in total. The van der Waals surface area contributed by atoms with Gasteiger partial charge in [0.1, 0.15) is 5.75 Å². The maximum atomic E-state index is 12.2. The Morgan fingerprint density at radius 3 is 2.76 bits per heavy atom. The van der Waals surface area contributed by atoms with Crippen LogP contribution in [0.25, 0.3) is 0 Å². The fourth-order valence-corrected chi connectivity index (χ4v) is 1.69. The number of hydrogen-bond acceptors (Lipinski definition) is 3. The van der Waals surface area contributed by atoms with Gasteiger partial charge in [-0.15, -0.1) is 0 Å². The van der Waals surface area contributed by atoms with Crippen molar-refractivity contribution in [3.63, 3.8) is 0 Å². The molecule has 0 fully saturated rings. The highest BCUT2D eigenvalue weighted by molar-refractivity contribution is 5.97. The van der Waals surface area contributed by atoms with E-state index in [0.29, 0.717) is 30.8 Å². The van der Waals surface area contributed by atoms with Gasteiger partial charge < -0.3 is 15.7 Å². The predicted octanol–water partition coefficient (Wildman–Crippen LogP) is 1.51. The second kappa shape index (κ2) is 6.25. The predicted molar refractivity (Wildman–Crippen MR) is 68.1 cm³/mol. The van der Waals surface area contributed by atoms with E-state index in [2.05, 4.69) is 0 Å². The second-order valence-corrected chi connectivity index (χ2v) is 4.00. The number of aromatic hydroxyl groups is 1. The normalized spacial score (nSPS) is 10.3. The zero-order valence-corrected chi connectivity index (χ0v) is 10.4. The van der Waals surface area contributed by atoms with Crippen molar-refractivity contribution in [2.75, 3.05) is 19.6 Å². The van der Waals surface area contributed by atoms with Crippen molar-refractivity contribution in [1.29, 1.82) is 0 Å². The summed E-state index contributed by atoms with van der Waals surface area (Å²) in [4.78, 5) is 13.9. The molecule has 0 atom stereocenters. The van der Waals surface area contributed by atoms with Gasteiger partial charge in [0.25, 0.3) is 5.91 Å². The van der Waals surface area contributed by atoms with Gasteiger partial charge >= 0.3 is 0 Å². The van der Waals surface area contributed by atoms with Crippen LogP contribution in [0.1, 0.15) is 29.3 Å². The minimum Gasteiger partial charge on any atom is -0.507 e. The largest absolute Gasteiger partial charge is 0.507 e. The third kappa shape index (κ3) is 3.20. The van der Waals surface area contributed by atoms with Gasteiger partial charge in [-0.3, -0.25) is 4.79 Å². The molecule has 0 saturated carbocycles. The molecular formula is C13H20N2O2. The molecule has 0 unspecified atom stereocenters. The fraction of sp³-hybridized carbons (Fsp3) is 0.462. The molecule has 4 nitrogen and oxygen atoms in total. The zero-order chi connectivity index (χ0) is 12.8. The molecular weight excluding hydrogens is 216 g/mol. The number of rotatable bonds is 5. The van der Waals surface area contributed by atoms with E-state index in [1.54, 1.807) is 30.0 Å². The monoisotopic (exact) mass is 236 g/mol. The average Bonchev–Trinajstić information content (AvgIpc) is 2.33. The molecule has 1 aromatic rings. The lowest BCUT2D eigenvalue weighted by Crippen LogP contribution is -2.32. The van der Waals surface area contributed by atoms with Crippen LogP contribution < -0.4 is 5.73 Å². The van der Waals surface area contributed by atoms with E-state index in [9.17, 15) is 9.90 Å². The highest BCUT2D eigenvalue weighted by atomic mass is 16.3. The van der Waals surface area contributed by atoms with E-state index < -0.39 is 0 Å². The van der Waals surface area contributed by atoms with Gasteiger partial charge in [0, 0.05) is 13.1 Å². The van der Waals surface area contributed by atoms with Crippen LogP contribution >= 0.6 is 0 Å². The Bertz CT molecular complexity index is 391. The van der Waals surface area contributed by atoms with Gasteiger partial charge in [0.05, 0.1) is 5.56 Å². The molecule has 1 aromatic carbocycles. The van der Waals surface area contributed by atoms with Gasteiger partial charge in [0.2, 0.25) is 0 Å². The van der Waals surface area contributed by atoms with Crippen molar-refractivity contribution < 1.29 is 9.90 Å². The number of hydrogen-bond donors (Lipinski definition) is 2. The summed E-state index contributed by atoms with van der Waals surface area (Å²) in [5.74, 6) is -0.0640. The van der Waals surface area contributed by atoms with Crippen LogP contribution in [0.4, 0.5) is 0 Å². The van der Waals surface area contributed by atoms with Crippen LogP contribution in [-0.2, 0) is 0 Å². The Morgan fingerprint density at radius 2 is 2.18 bits per heavy atom. The SMILES string of the molecule is CCN(CCCN)C(=O)c1cccc(C)c1O. The Hall–Kier alpha value is -1.55. The third-order valence-electron chi connectivity index (χ3n) is 2.77. The highest BCUT2D eigenvalue weighted by Crippen LogP contribution is 2.22. The number of aryl methyl sites for hydroxylation is 1. The summed E-state index contributed by atoms with van der Waals surface area (Å²) in [6, 6.07) is 5.21. The van der Waals surface area contributed by atoms with E-state index in [-0.39, 0.29) is 11.7 Å². The topological polar surface area (TPSA) is 66.6 Å². The van der Waals surface area contributed by atoms with Crippen LogP contribution in [0.2, 0.25) is 0 Å². The molecule has 0 heterocycles. The van der Waals surface area contributed by atoms with Crippen LogP contribution in [0.5, 0.6) is 5.75 Å². The second-order valence-electron chi connectivity index (χ2n) is 4.00. The molecule has 94 valence electrons. The first-order valence-electron chi connectivity index (χ1n) is 5.89. The van der Waals surface area contributed by atoms with Crippen molar-refractivity contribution in [2.24, 2.45) is 5.73 Å². The van der Waals surface area contributed by atoms with Crippen molar-refractivity contribution in [3.05, 3.63) is 29.3 Å². The summed E-state index contributed by atoms with van der Waals surface area (Å²) in [7, 11) is 0. The fourth-order valence-electron chi connectivity index (χ4n) is 1.69. The maximum Gasteiger partial charge on any atom is 0.257 e. The summed E-state index contributed by atoms with van der Waals surface area (Å²) in [6.07, 6.45) is 0.770. The van der Waals surface area contributed by atoms with Crippen LogP contribution in [-0.4, -0.2) is 35.5 Å². The number of phenols is 1. The highest BCUT2D eigenvalue weighted by Gasteiger charge is 2.17. The number of para-hydroxylation sites is 1. The number of nitrogens with two attached hydrogens (primary N) is 1. The summed E-state index contributed by atoms with van der Waals surface area (Å²) in [6.45, 7) is 5.50. The van der Waals surface area contributed by atoms with Gasteiger partial charge in [-0.1, -0.05) is 12.1 Å². The molecule has 1 rings (SSSR count). The molecule has 0 spiro atoms. The zero-order valence-electron chi connectivity index (χ0n) is 10.4. The number of nitrogens with zero attached hydrogens (tertiary/aromatic N) is 1. The van der Waals surface area contributed by atoms with Gasteiger partial charge in [-0.2, -0.15) is 0 Å². The summed E-state index contributed by atoms with van der Waals surface area (Å²) in [5.41, 5.74) is 6.52. The smallest absolute Gasteiger partial charge is 0.257 e. The number of carbonyl (C=O) groups excluding carboxylic acids is 1. The molecule has 0 saturated heterocycles. The molecule has 4 heteroatoms.